The quantitative estimate of drug-likeness (QED) is 0.710. The molecule has 4 nitrogen and oxygen atoms in total. The Balaban J connectivity index is 3.01. The summed E-state index contributed by atoms with van der Waals surface area (Å²) in [5.41, 5.74) is -0.477. The summed E-state index contributed by atoms with van der Waals surface area (Å²) in [6, 6.07) is 6.21. The molecule has 0 amide bonds. The molecular weight excluding hydrogens is 206 g/mol. The number of aliphatic carboxylic acids is 1. The zero-order valence-electron chi connectivity index (χ0n) is 9.53. The molecule has 3 N–H and O–H groups in total. The molecule has 0 aliphatic rings. The predicted octanol–water partition coefficient (Wildman–Crippen LogP) is 1.69. The SMILES string of the molecule is CCCNC(C)(C(=O)O)c1ccc(O)cc1. The molecule has 0 heterocycles. The van der Waals surface area contributed by atoms with Crippen LogP contribution < -0.4 is 5.32 Å². The zero-order chi connectivity index (χ0) is 12.2. The Kier molecular flexibility index (Phi) is 3.90. The van der Waals surface area contributed by atoms with Gasteiger partial charge in [0.25, 0.3) is 0 Å². The van der Waals surface area contributed by atoms with Crippen LogP contribution in [0.25, 0.3) is 0 Å². The molecule has 1 rings (SSSR count). The highest BCUT2D eigenvalue weighted by atomic mass is 16.4. The molecule has 1 atom stereocenters. The fourth-order valence-electron chi connectivity index (χ4n) is 1.47. The highest BCUT2D eigenvalue weighted by molar-refractivity contribution is 5.80. The van der Waals surface area contributed by atoms with Gasteiger partial charge >= 0.3 is 5.97 Å². The highest BCUT2D eigenvalue weighted by Crippen LogP contribution is 2.23. The van der Waals surface area contributed by atoms with Gasteiger partial charge in [-0.25, -0.2) is 4.79 Å². The Hall–Kier alpha value is -1.55. The Labute approximate surface area is 94.9 Å². The van der Waals surface area contributed by atoms with E-state index >= 15 is 0 Å². The number of carboxylic acids is 1. The summed E-state index contributed by atoms with van der Waals surface area (Å²) in [5.74, 6) is -0.793. The number of phenolic OH excluding ortho intramolecular Hbond substituents is 1. The van der Waals surface area contributed by atoms with E-state index in [2.05, 4.69) is 5.32 Å². The summed E-state index contributed by atoms with van der Waals surface area (Å²) < 4.78 is 0. The van der Waals surface area contributed by atoms with Gasteiger partial charge in [-0.15, -0.1) is 0 Å². The maximum Gasteiger partial charge on any atom is 0.328 e. The van der Waals surface area contributed by atoms with Crippen molar-refractivity contribution in [3.8, 4) is 5.75 Å². The number of phenols is 1. The van der Waals surface area contributed by atoms with Crippen molar-refractivity contribution >= 4 is 5.97 Å². The summed E-state index contributed by atoms with van der Waals surface area (Å²) in [4.78, 5) is 11.3. The van der Waals surface area contributed by atoms with Gasteiger partial charge in [-0.1, -0.05) is 19.1 Å². The molecule has 0 saturated heterocycles. The lowest BCUT2D eigenvalue weighted by atomic mass is 9.92. The van der Waals surface area contributed by atoms with Crippen LogP contribution in [0.2, 0.25) is 0 Å². The average Bonchev–Trinajstić information content (AvgIpc) is 2.26. The van der Waals surface area contributed by atoms with Crippen molar-refractivity contribution in [2.75, 3.05) is 6.54 Å². The lowest BCUT2D eigenvalue weighted by Crippen LogP contribution is -2.46. The fraction of sp³-hybridized carbons (Fsp3) is 0.417. The van der Waals surface area contributed by atoms with E-state index in [9.17, 15) is 9.90 Å². The molecule has 1 unspecified atom stereocenters. The first-order valence-electron chi connectivity index (χ1n) is 5.28. The molecule has 16 heavy (non-hydrogen) atoms. The van der Waals surface area contributed by atoms with Gasteiger partial charge in [0.2, 0.25) is 0 Å². The monoisotopic (exact) mass is 223 g/mol. The standard InChI is InChI=1S/C12H17NO3/c1-3-8-13-12(2,11(15)16)9-4-6-10(14)7-5-9/h4-7,13-14H,3,8H2,1-2H3,(H,15,16). The van der Waals surface area contributed by atoms with Gasteiger partial charge in [-0.05, 0) is 37.6 Å². The van der Waals surface area contributed by atoms with Gasteiger partial charge in [0.1, 0.15) is 11.3 Å². The Bertz CT molecular complexity index is 361. The summed E-state index contributed by atoms with van der Waals surface area (Å²) in [6.07, 6.45) is 0.862. The smallest absolute Gasteiger partial charge is 0.328 e. The first-order chi connectivity index (χ1) is 7.50. The summed E-state index contributed by atoms with van der Waals surface area (Å²) in [7, 11) is 0. The van der Waals surface area contributed by atoms with Crippen molar-refractivity contribution in [1.82, 2.24) is 5.32 Å². The molecule has 0 fully saturated rings. The number of benzene rings is 1. The average molecular weight is 223 g/mol. The second kappa shape index (κ2) is 4.99. The van der Waals surface area contributed by atoms with Crippen molar-refractivity contribution in [3.05, 3.63) is 29.8 Å². The van der Waals surface area contributed by atoms with Crippen LogP contribution in [-0.2, 0) is 10.3 Å². The minimum absolute atomic E-state index is 0.131. The van der Waals surface area contributed by atoms with Crippen molar-refractivity contribution in [1.29, 1.82) is 0 Å². The minimum atomic E-state index is -1.11. The molecule has 4 heteroatoms. The third kappa shape index (κ3) is 2.52. The van der Waals surface area contributed by atoms with Crippen LogP contribution in [0.3, 0.4) is 0 Å². The van der Waals surface area contributed by atoms with Gasteiger partial charge in [0.15, 0.2) is 0 Å². The van der Waals surface area contributed by atoms with E-state index in [-0.39, 0.29) is 5.75 Å². The Morgan fingerprint density at radius 3 is 2.38 bits per heavy atom. The van der Waals surface area contributed by atoms with E-state index in [0.29, 0.717) is 12.1 Å². The topological polar surface area (TPSA) is 69.6 Å². The van der Waals surface area contributed by atoms with E-state index < -0.39 is 11.5 Å². The van der Waals surface area contributed by atoms with Gasteiger partial charge in [-0.3, -0.25) is 5.32 Å². The Morgan fingerprint density at radius 1 is 1.38 bits per heavy atom. The van der Waals surface area contributed by atoms with E-state index in [1.807, 2.05) is 6.92 Å². The number of carbonyl (C=O) groups is 1. The van der Waals surface area contributed by atoms with Crippen LogP contribution in [0, 0.1) is 0 Å². The van der Waals surface area contributed by atoms with Crippen LogP contribution in [0.4, 0.5) is 0 Å². The van der Waals surface area contributed by atoms with E-state index in [0.717, 1.165) is 6.42 Å². The maximum atomic E-state index is 11.3. The number of hydrogen-bond acceptors (Lipinski definition) is 3. The summed E-state index contributed by atoms with van der Waals surface area (Å²) in [6.45, 7) is 4.23. The Morgan fingerprint density at radius 2 is 1.94 bits per heavy atom. The highest BCUT2D eigenvalue weighted by Gasteiger charge is 2.34. The van der Waals surface area contributed by atoms with Crippen molar-refractivity contribution in [2.24, 2.45) is 0 Å². The largest absolute Gasteiger partial charge is 0.508 e. The maximum absolute atomic E-state index is 11.3. The molecule has 0 saturated carbocycles. The molecule has 0 aliphatic heterocycles. The van der Waals surface area contributed by atoms with Crippen molar-refractivity contribution in [3.63, 3.8) is 0 Å². The number of nitrogens with one attached hydrogen (secondary N) is 1. The molecule has 1 aromatic rings. The fourth-order valence-corrected chi connectivity index (χ4v) is 1.47. The third-order valence-corrected chi connectivity index (χ3v) is 2.60. The number of aromatic hydroxyl groups is 1. The molecule has 0 radical (unpaired) electrons. The van der Waals surface area contributed by atoms with Crippen LogP contribution in [-0.4, -0.2) is 22.7 Å². The molecular formula is C12H17NO3. The summed E-state index contributed by atoms with van der Waals surface area (Å²) >= 11 is 0. The van der Waals surface area contributed by atoms with Gasteiger partial charge in [0, 0.05) is 0 Å². The van der Waals surface area contributed by atoms with E-state index in [1.54, 1.807) is 19.1 Å². The van der Waals surface area contributed by atoms with E-state index in [1.165, 1.54) is 12.1 Å². The number of rotatable bonds is 5. The van der Waals surface area contributed by atoms with Crippen LogP contribution in [0.1, 0.15) is 25.8 Å². The molecule has 0 aliphatic carbocycles. The predicted molar refractivity (Wildman–Crippen MR) is 61.4 cm³/mol. The first kappa shape index (κ1) is 12.5. The minimum Gasteiger partial charge on any atom is -0.508 e. The molecule has 88 valence electrons. The van der Waals surface area contributed by atoms with E-state index in [4.69, 9.17) is 5.11 Å². The number of hydrogen-bond donors (Lipinski definition) is 3. The van der Waals surface area contributed by atoms with Gasteiger partial charge < -0.3 is 10.2 Å². The van der Waals surface area contributed by atoms with Crippen molar-refractivity contribution in [2.45, 2.75) is 25.8 Å². The second-order valence-corrected chi connectivity index (χ2v) is 3.90. The van der Waals surface area contributed by atoms with Crippen LogP contribution in [0.5, 0.6) is 5.75 Å². The van der Waals surface area contributed by atoms with Crippen LogP contribution >= 0.6 is 0 Å². The molecule has 1 aromatic carbocycles. The third-order valence-electron chi connectivity index (χ3n) is 2.60. The van der Waals surface area contributed by atoms with Crippen LogP contribution in [0.15, 0.2) is 24.3 Å². The second-order valence-electron chi connectivity index (χ2n) is 3.90. The van der Waals surface area contributed by atoms with Gasteiger partial charge in [0.05, 0.1) is 0 Å². The molecule has 0 aromatic heterocycles. The first-order valence-corrected chi connectivity index (χ1v) is 5.28. The normalized spacial score (nSPS) is 14.4. The lowest BCUT2D eigenvalue weighted by Gasteiger charge is -2.26. The van der Waals surface area contributed by atoms with Gasteiger partial charge in [-0.2, -0.15) is 0 Å². The lowest BCUT2D eigenvalue weighted by molar-refractivity contribution is -0.144. The zero-order valence-corrected chi connectivity index (χ0v) is 9.53. The summed E-state index contributed by atoms with van der Waals surface area (Å²) in [5, 5.41) is 21.4. The van der Waals surface area contributed by atoms with Crippen molar-refractivity contribution < 1.29 is 15.0 Å². The molecule has 0 spiro atoms. The molecule has 0 bridgehead atoms. The number of carboxylic acid groups (broad SMARTS) is 1.